The van der Waals surface area contributed by atoms with Crippen LogP contribution in [-0.2, 0) is 15.7 Å². The zero-order chi connectivity index (χ0) is 20.1. The summed E-state index contributed by atoms with van der Waals surface area (Å²) in [5.41, 5.74) is 0.679. The van der Waals surface area contributed by atoms with Crippen LogP contribution in [0.5, 0.6) is 5.75 Å². The Bertz CT molecular complexity index is 834. The van der Waals surface area contributed by atoms with E-state index in [1.807, 2.05) is 24.0 Å². The maximum absolute atomic E-state index is 13.1. The van der Waals surface area contributed by atoms with Gasteiger partial charge in [0, 0.05) is 13.1 Å². The second-order valence-electron chi connectivity index (χ2n) is 6.43. The number of ether oxygens (including phenoxy) is 2. The molecule has 0 spiro atoms. The molecule has 8 heteroatoms. The van der Waals surface area contributed by atoms with E-state index >= 15 is 0 Å². The number of para-hydroxylation sites is 1. The second kappa shape index (κ2) is 8.52. The Labute approximate surface area is 161 Å². The maximum Gasteiger partial charge on any atom is 0.416 e. The van der Waals surface area contributed by atoms with Gasteiger partial charge in [-0.1, -0.05) is 18.2 Å². The van der Waals surface area contributed by atoms with Gasteiger partial charge in [0.15, 0.2) is 6.61 Å². The van der Waals surface area contributed by atoms with Gasteiger partial charge in [-0.25, -0.2) is 0 Å². The van der Waals surface area contributed by atoms with E-state index in [0.29, 0.717) is 37.7 Å². The molecule has 0 aliphatic carbocycles. The standard InChI is InChI=1S/C20H21F3N2O3/c1-14-4-2-3-5-18(14)28-13-19(26)24-16-12-15(20(21,22)23)6-7-17(16)25-8-10-27-11-9-25/h2-7,12H,8-11,13H2,1H3,(H,24,26). The van der Waals surface area contributed by atoms with Gasteiger partial charge in [0.2, 0.25) is 0 Å². The molecule has 0 atom stereocenters. The third-order valence-corrected chi connectivity index (χ3v) is 4.40. The number of hydrogen-bond acceptors (Lipinski definition) is 4. The highest BCUT2D eigenvalue weighted by atomic mass is 19.4. The molecule has 1 heterocycles. The second-order valence-corrected chi connectivity index (χ2v) is 6.43. The normalized spacial score (nSPS) is 14.6. The number of anilines is 2. The van der Waals surface area contributed by atoms with Crippen LogP contribution in [0.25, 0.3) is 0 Å². The summed E-state index contributed by atoms with van der Waals surface area (Å²) in [7, 11) is 0. The number of hydrogen-bond donors (Lipinski definition) is 1. The first-order valence-electron chi connectivity index (χ1n) is 8.87. The highest BCUT2D eigenvalue weighted by Crippen LogP contribution is 2.35. The molecule has 1 fully saturated rings. The number of rotatable bonds is 5. The Morgan fingerprint density at radius 1 is 1.18 bits per heavy atom. The molecule has 1 N–H and O–H groups in total. The van der Waals surface area contributed by atoms with Crippen molar-refractivity contribution in [2.45, 2.75) is 13.1 Å². The van der Waals surface area contributed by atoms with Gasteiger partial charge in [-0.05, 0) is 36.8 Å². The van der Waals surface area contributed by atoms with E-state index in [-0.39, 0.29) is 12.3 Å². The molecule has 0 aromatic heterocycles. The number of nitrogens with zero attached hydrogens (tertiary/aromatic N) is 1. The molecule has 2 aromatic carbocycles. The van der Waals surface area contributed by atoms with Crippen LogP contribution < -0.4 is 15.0 Å². The minimum absolute atomic E-state index is 0.107. The van der Waals surface area contributed by atoms with Crippen molar-refractivity contribution in [1.29, 1.82) is 0 Å². The van der Waals surface area contributed by atoms with Crippen LogP contribution in [0.3, 0.4) is 0 Å². The third-order valence-electron chi connectivity index (χ3n) is 4.40. The van der Waals surface area contributed by atoms with Crippen LogP contribution in [0.15, 0.2) is 42.5 Å². The number of carbonyl (C=O) groups is 1. The molecule has 2 aromatic rings. The van der Waals surface area contributed by atoms with Crippen LogP contribution in [0.4, 0.5) is 24.5 Å². The van der Waals surface area contributed by atoms with Crippen LogP contribution in [0, 0.1) is 6.92 Å². The van der Waals surface area contributed by atoms with Gasteiger partial charge < -0.3 is 19.7 Å². The van der Waals surface area contributed by atoms with Gasteiger partial charge in [0.25, 0.3) is 5.91 Å². The molecule has 1 saturated heterocycles. The topological polar surface area (TPSA) is 50.8 Å². The van der Waals surface area contributed by atoms with Crippen molar-refractivity contribution in [2.24, 2.45) is 0 Å². The Morgan fingerprint density at radius 2 is 1.89 bits per heavy atom. The molecule has 1 aliphatic rings. The summed E-state index contributed by atoms with van der Waals surface area (Å²) in [5, 5.41) is 2.56. The lowest BCUT2D eigenvalue weighted by Gasteiger charge is -2.31. The van der Waals surface area contributed by atoms with Gasteiger partial charge in [0.1, 0.15) is 5.75 Å². The van der Waals surface area contributed by atoms with Crippen molar-refractivity contribution >= 4 is 17.3 Å². The highest BCUT2D eigenvalue weighted by Gasteiger charge is 2.32. The number of benzene rings is 2. The molecule has 3 rings (SSSR count). The summed E-state index contributed by atoms with van der Waals surface area (Å²) in [6.45, 7) is 3.57. The fourth-order valence-electron chi connectivity index (χ4n) is 2.94. The van der Waals surface area contributed by atoms with Crippen molar-refractivity contribution in [3.63, 3.8) is 0 Å². The number of nitrogens with one attached hydrogen (secondary N) is 1. The van der Waals surface area contributed by atoms with E-state index in [4.69, 9.17) is 9.47 Å². The summed E-state index contributed by atoms with van der Waals surface area (Å²) in [6, 6.07) is 10.6. The zero-order valence-corrected chi connectivity index (χ0v) is 15.4. The lowest BCUT2D eigenvalue weighted by atomic mass is 10.1. The van der Waals surface area contributed by atoms with E-state index in [1.165, 1.54) is 6.07 Å². The van der Waals surface area contributed by atoms with E-state index in [1.54, 1.807) is 12.1 Å². The van der Waals surface area contributed by atoms with Crippen molar-refractivity contribution in [1.82, 2.24) is 0 Å². The van der Waals surface area contributed by atoms with Crippen molar-refractivity contribution in [2.75, 3.05) is 43.1 Å². The first kappa shape index (κ1) is 20.0. The van der Waals surface area contributed by atoms with Crippen molar-refractivity contribution in [3.05, 3.63) is 53.6 Å². The predicted molar refractivity (Wildman–Crippen MR) is 99.8 cm³/mol. The van der Waals surface area contributed by atoms with E-state index in [9.17, 15) is 18.0 Å². The number of carbonyl (C=O) groups excluding carboxylic acids is 1. The maximum atomic E-state index is 13.1. The lowest BCUT2D eigenvalue weighted by Crippen LogP contribution is -2.37. The number of alkyl halides is 3. The molecule has 0 radical (unpaired) electrons. The first-order chi connectivity index (χ1) is 13.3. The number of amides is 1. The average molecular weight is 394 g/mol. The van der Waals surface area contributed by atoms with Gasteiger partial charge in [0.05, 0.1) is 30.2 Å². The fraction of sp³-hybridized carbons (Fsp3) is 0.350. The quantitative estimate of drug-likeness (QED) is 0.837. The van der Waals surface area contributed by atoms with Crippen molar-refractivity contribution < 1.29 is 27.4 Å². The van der Waals surface area contributed by atoms with Crippen LogP contribution >= 0.6 is 0 Å². The van der Waals surface area contributed by atoms with Crippen LogP contribution in [0.1, 0.15) is 11.1 Å². The molecule has 1 amide bonds. The van der Waals surface area contributed by atoms with Crippen LogP contribution in [0.2, 0.25) is 0 Å². The minimum Gasteiger partial charge on any atom is -0.483 e. The van der Waals surface area contributed by atoms with E-state index in [0.717, 1.165) is 17.7 Å². The largest absolute Gasteiger partial charge is 0.483 e. The molecule has 150 valence electrons. The van der Waals surface area contributed by atoms with Gasteiger partial charge in [-0.2, -0.15) is 13.2 Å². The summed E-state index contributed by atoms with van der Waals surface area (Å²) in [5.74, 6) is 0.0205. The molecule has 0 unspecified atom stereocenters. The fourth-order valence-corrected chi connectivity index (χ4v) is 2.94. The molecular weight excluding hydrogens is 373 g/mol. The summed E-state index contributed by atoms with van der Waals surface area (Å²) in [6.07, 6.45) is -4.50. The molecule has 0 bridgehead atoms. The van der Waals surface area contributed by atoms with E-state index < -0.39 is 17.6 Å². The Balaban J connectivity index is 1.77. The highest BCUT2D eigenvalue weighted by molar-refractivity contribution is 5.95. The Hall–Kier alpha value is -2.74. The minimum atomic E-state index is -4.50. The monoisotopic (exact) mass is 394 g/mol. The molecule has 5 nitrogen and oxygen atoms in total. The van der Waals surface area contributed by atoms with Gasteiger partial charge >= 0.3 is 6.18 Å². The van der Waals surface area contributed by atoms with Gasteiger partial charge in [-0.3, -0.25) is 4.79 Å². The van der Waals surface area contributed by atoms with Crippen LogP contribution in [-0.4, -0.2) is 38.8 Å². The number of aryl methyl sites for hydroxylation is 1. The number of halogens is 3. The van der Waals surface area contributed by atoms with Crippen molar-refractivity contribution in [3.8, 4) is 5.75 Å². The smallest absolute Gasteiger partial charge is 0.416 e. The molecule has 0 saturated carbocycles. The number of morpholine rings is 1. The van der Waals surface area contributed by atoms with Gasteiger partial charge in [-0.15, -0.1) is 0 Å². The zero-order valence-electron chi connectivity index (χ0n) is 15.4. The van der Waals surface area contributed by atoms with E-state index in [2.05, 4.69) is 5.32 Å². The summed E-state index contributed by atoms with van der Waals surface area (Å²) in [4.78, 5) is 14.2. The molecular formula is C20H21F3N2O3. The summed E-state index contributed by atoms with van der Waals surface area (Å²) >= 11 is 0. The lowest BCUT2D eigenvalue weighted by molar-refractivity contribution is -0.137. The third kappa shape index (κ3) is 4.95. The summed E-state index contributed by atoms with van der Waals surface area (Å²) < 4.78 is 50.1. The molecule has 28 heavy (non-hydrogen) atoms. The Kier molecular flexibility index (Phi) is 6.08. The SMILES string of the molecule is Cc1ccccc1OCC(=O)Nc1cc(C(F)(F)F)ccc1N1CCOCC1. The average Bonchev–Trinajstić information content (AvgIpc) is 2.67. The predicted octanol–water partition coefficient (Wildman–Crippen LogP) is 3.87. The Morgan fingerprint density at radius 3 is 2.57 bits per heavy atom. The first-order valence-corrected chi connectivity index (χ1v) is 8.87. The molecule has 1 aliphatic heterocycles.